The van der Waals surface area contributed by atoms with Gasteiger partial charge in [-0.15, -0.1) is 0 Å². The first-order valence-corrected chi connectivity index (χ1v) is 8.15. The molecule has 2 aromatic carbocycles. The molecular formula is C19H17ClN2O3. The summed E-state index contributed by atoms with van der Waals surface area (Å²) in [4.78, 5) is 11.0. The second kappa shape index (κ2) is 7.40. The number of nitrogens with zero attached hydrogens (tertiary/aromatic N) is 2. The van der Waals surface area contributed by atoms with E-state index in [0.29, 0.717) is 11.4 Å². The topological polar surface area (TPSA) is 64.4 Å². The summed E-state index contributed by atoms with van der Waals surface area (Å²) in [5.41, 5.74) is 3.41. The zero-order valence-corrected chi connectivity index (χ0v) is 14.4. The van der Waals surface area contributed by atoms with Gasteiger partial charge in [0.2, 0.25) is 0 Å². The highest BCUT2D eigenvalue weighted by Gasteiger charge is 2.14. The Labute approximate surface area is 150 Å². The first kappa shape index (κ1) is 17.0. The van der Waals surface area contributed by atoms with Crippen LogP contribution in [0.4, 0.5) is 0 Å². The molecule has 0 aliphatic rings. The fourth-order valence-corrected chi connectivity index (χ4v) is 2.68. The van der Waals surface area contributed by atoms with E-state index in [-0.39, 0.29) is 6.42 Å². The maximum absolute atomic E-state index is 11.0. The molecule has 0 aliphatic heterocycles. The molecule has 1 aromatic heterocycles. The number of hydrogen-bond acceptors (Lipinski definition) is 3. The molecule has 0 spiro atoms. The van der Waals surface area contributed by atoms with Crippen LogP contribution in [0.3, 0.4) is 0 Å². The Morgan fingerprint density at radius 2 is 1.84 bits per heavy atom. The van der Waals surface area contributed by atoms with Gasteiger partial charge in [-0.25, -0.2) is 4.68 Å². The van der Waals surface area contributed by atoms with Crippen molar-refractivity contribution in [3.8, 4) is 22.7 Å². The average Bonchev–Trinajstić information content (AvgIpc) is 3.05. The first-order valence-electron chi connectivity index (χ1n) is 7.77. The van der Waals surface area contributed by atoms with Crippen molar-refractivity contribution >= 4 is 17.6 Å². The number of aromatic nitrogens is 2. The zero-order valence-electron chi connectivity index (χ0n) is 13.6. The van der Waals surface area contributed by atoms with Crippen LogP contribution in [0.5, 0.6) is 5.75 Å². The van der Waals surface area contributed by atoms with Crippen molar-refractivity contribution in [3.05, 3.63) is 65.3 Å². The van der Waals surface area contributed by atoms with Gasteiger partial charge in [0.25, 0.3) is 0 Å². The third kappa shape index (κ3) is 4.00. The summed E-state index contributed by atoms with van der Waals surface area (Å²) in [5, 5.41) is 14.3. The van der Waals surface area contributed by atoms with E-state index in [4.69, 9.17) is 21.4 Å². The van der Waals surface area contributed by atoms with Gasteiger partial charge in [-0.2, -0.15) is 5.10 Å². The normalized spacial score (nSPS) is 10.6. The number of aliphatic carboxylic acids is 1. The third-order valence-corrected chi connectivity index (χ3v) is 4.10. The van der Waals surface area contributed by atoms with Gasteiger partial charge in [0.05, 0.1) is 18.5 Å². The summed E-state index contributed by atoms with van der Waals surface area (Å²) < 4.78 is 6.93. The quantitative estimate of drug-likeness (QED) is 0.718. The maximum atomic E-state index is 11.0. The molecular weight excluding hydrogens is 340 g/mol. The number of ether oxygens (including phenoxy) is 1. The summed E-state index contributed by atoms with van der Waals surface area (Å²) in [5.74, 6) is -0.0760. The fourth-order valence-electron chi connectivity index (χ4n) is 2.55. The molecule has 0 saturated heterocycles. The van der Waals surface area contributed by atoms with Crippen molar-refractivity contribution in [3.63, 3.8) is 0 Å². The molecule has 0 unspecified atom stereocenters. The van der Waals surface area contributed by atoms with Gasteiger partial charge in [-0.3, -0.25) is 4.79 Å². The van der Waals surface area contributed by atoms with E-state index in [2.05, 4.69) is 5.10 Å². The van der Waals surface area contributed by atoms with Gasteiger partial charge in [-0.1, -0.05) is 11.6 Å². The van der Waals surface area contributed by atoms with E-state index in [1.54, 1.807) is 23.9 Å². The Morgan fingerprint density at radius 1 is 1.16 bits per heavy atom. The number of hydrogen-bond donors (Lipinski definition) is 1. The Morgan fingerprint density at radius 3 is 2.44 bits per heavy atom. The van der Waals surface area contributed by atoms with Crippen LogP contribution >= 0.6 is 11.6 Å². The number of carboxylic acid groups (broad SMARTS) is 1. The fraction of sp³-hybridized carbons (Fsp3) is 0.158. The first-order chi connectivity index (χ1) is 12.1. The molecule has 3 aromatic rings. The molecule has 0 aliphatic carbocycles. The number of rotatable bonds is 6. The molecule has 3 rings (SSSR count). The average molecular weight is 357 g/mol. The van der Waals surface area contributed by atoms with Gasteiger partial charge in [0.15, 0.2) is 0 Å². The zero-order chi connectivity index (χ0) is 17.8. The molecule has 5 nitrogen and oxygen atoms in total. The summed E-state index contributed by atoms with van der Waals surface area (Å²) in [6, 6.07) is 14.9. The molecule has 0 fully saturated rings. The minimum Gasteiger partial charge on any atom is -0.497 e. The SMILES string of the molecule is COc1ccc(-c2nn(-c3ccc(Cl)cc3)cc2CCC(=O)O)cc1. The van der Waals surface area contributed by atoms with Gasteiger partial charge < -0.3 is 9.84 Å². The van der Waals surface area contributed by atoms with Crippen LogP contribution in [0.2, 0.25) is 5.02 Å². The number of methoxy groups -OCH3 is 1. The summed E-state index contributed by atoms with van der Waals surface area (Å²) >= 11 is 5.94. The Balaban J connectivity index is 2.01. The highest BCUT2D eigenvalue weighted by molar-refractivity contribution is 6.30. The molecule has 0 atom stereocenters. The largest absolute Gasteiger partial charge is 0.497 e. The smallest absolute Gasteiger partial charge is 0.303 e. The lowest BCUT2D eigenvalue weighted by molar-refractivity contribution is -0.136. The number of halogens is 1. The predicted molar refractivity (Wildman–Crippen MR) is 96.5 cm³/mol. The molecule has 1 N–H and O–H groups in total. The molecule has 0 radical (unpaired) electrons. The summed E-state index contributed by atoms with van der Waals surface area (Å²) in [6.45, 7) is 0. The van der Waals surface area contributed by atoms with Crippen LogP contribution in [-0.4, -0.2) is 28.0 Å². The second-order valence-electron chi connectivity index (χ2n) is 5.55. The van der Waals surface area contributed by atoms with Crippen molar-refractivity contribution in [2.24, 2.45) is 0 Å². The molecule has 0 amide bonds. The Bertz CT molecular complexity index is 871. The van der Waals surface area contributed by atoms with Crippen molar-refractivity contribution in [1.82, 2.24) is 9.78 Å². The molecule has 25 heavy (non-hydrogen) atoms. The molecule has 1 heterocycles. The summed E-state index contributed by atoms with van der Waals surface area (Å²) in [6.07, 6.45) is 2.32. The minimum atomic E-state index is -0.833. The maximum Gasteiger partial charge on any atom is 0.303 e. The van der Waals surface area contributed by atoms with Crippen LogP contribution in [0.1, 0.15) is 12.0 Å². The van der Waals surface area contributed by atoms with Crippen molar-refractivity contribution in [2.75, 3.05) is 7.11 Å². The number of carbonyl (C=O) groups is 1. The Hall–Kier alpha value is -2.79. The lowest BCUT2D eigenvalue weighted by Crippen LogP contribution is -1.97. The van der Waals surface area contributed by atoms with E-state index >= 15 is 0 Å². The van der Waals surface area contributed by atoms with E-state index in [1.165, 1.54) is 0 Å². The number of benzene rings is 2. The Kier molecular flexibility index (Phi) is 5.05. The molecule has 128 valence electrons. The van der Waals surface area contributed by atoms with Crippen LogP contribution in [-0.2, 0) is 11.2 Å². The standard InChI is InChI=1S/C19H17ClN2O3/c1-25-17-9-2-13(3-10-17)19-14(4-11-18(23)24)12-22(21-19)16-7-5-15(20)6-8-16/h2-3,5-10,12H,4,11H2,1H3,(H,23,24). The van der Waals surface area contributed by atoms with Gasteiger partial charge in [0, 0.05) is 23.2 Å². The lowest BCUT2D eigenvalue weighted by atomic mass is 10.0. The van der Waals surface area contributed by atoms with Crippen molar-refractivity contribution in [1.29, 1.82) is 0 Å². The van der Waals surface area contributed by atoms with Crippen LogP contribution in [0, 0.1) is 0 Å². The molecule has 0 bridgehead atoms. The van der Waals surface area contributed by atoms with E-state index < -0.39 is 5.97 Å². The monoisotopic (exact) mass is 356 g/mol. The van der Waals surface area contributed by atoms with Crippen molar-refractivity contribution < 1.29 is 14.6 Å². The summed E-state index contributed by atoms with van der Waals surface area (Å²) in [7, 11) is 1.61. The highest BCUT2D eigenvalue weighted by atomic mass is 35.5. The number of aryl methyl sites for hydroxylation is 1. The predicted octanol–water partition coefficient (Wildman–Crippen LogP) is 4.22. The molecule has 6 heteroatoms. The van der Waals surface area contributed by atoms with E-state index in [9.17, 15) is 4.79 Å². The van der Waals surface area contributed by atoms with Crippen LogP contribution in [0.15, 0.2) is 54.7 Å². The van der Waals surface area contributed by atoms with Crippen molar-refractivity contribution in [2.45, 2.75) is 12.8 Å². The van der Waals surface area contributed by atoms with Gasteiger partial charge in [-0.05, 0) is 60.5 Å². The third-order valence-electron chi connectivity index (χ3n) is 3.85. The number of carboxylic acids is 1. The van der Waals surface area contributed by atoms with Crippen LogP contribution in [0.25, 0.3) is 16.9 Å². The lowest BCUT2D eigenvalue weighted by Gasteiger charge is -2.03. The van der Waals surface area contributed by atoms with E-state index in [1.807, 2.05) is 42.6 Å². The van der Waals surface area contributed by atoms with Gasteiger partial charge in [0.1, 0.15) is 5.75 Å². The van der Waals surface area contributed by atoms with E-state index in [0.717, 1.165) is 28.3 Å². The second-order valence-corrected chi connectivity index (χ2v) is 5.98. The highest BCUT2D eigenvalue weighted by Crippen LogP contribution is 2.27. The minimum absolute atomic E-state index is 0.0511. The van der Waals surface area contributed by atoms with Crippen LogP contribution < -0.4 is 4.74 Å². The molecule has 0 saturated carbocycles. The van der Waals surface area contributed by atoms with Gasteiger partial charge >= 0.3 is 5.97 Å².